The summed E-state index contributed by atoms with van der Waals surface area (Å²) in [6, 6.07) is 0. The van der Waals surface area contributed by atoms with Crippen LogP contribution in [0.25, 0.3) is 0 Å². The van der Waals surface area contributed by atoms with E-state index in [9.17, 15) is 0 Å². The summed E-state index contributed by atoms with van der Waals surface area (Å²) < 4.78 is 0. The summed E-state index contributed by atoms with van der Waals surface area (Å²) in [7, 11) is 0. The van der Waals surface area contributed by atoms with Gasteiger partial charge in [0.05, 0.1) is 0 Å². The van der Waals surface area contributed by atoms with Crippen molar-refractivity contribution >= 4 is 0 Å². The predicted octanol–water partition coefficient (Wildman–Crippen LogP) is 10.6. The van der Waals surface area contributed by atoms with Crippen LogP contribution in [0.3, 0.4) is 0 Å². The molecule has 0 aliphatic rings. The van der Waals surface area contributed by atoms with Gasteiger partial charge in [-0.1, -0.05) is 129 Å². The van der Waals surface area contributed by atoms with E-state index in [1.54, 1.807) is 0 Å². The van der Waals surface area contributed by atoms with Gasteiger partial charge in [0.15, 0.2) is 0 Å². The highest BCUT2D eigenvalue weighted by Crippen LogP contribution is 2.46. The molecule has 0 aromatic rings. The van der Waals surface area contributed by atoms with Crippen molar-refractivity contribution in [1.29, 1.82) is 0 Å². The monoisotopic (exact) mass is 437 g/mol. The summed E-state index contributed by atoms with van der Waals surface area (Å²) in [5, 5.41) is 0. The van der Waals surface area contributed by atoms with Crippen molar-refractivity contribution in [3.63, 3.8) is 0 Å². The zero-order valence-electron chi connectivity index (χ0n) is 24.5. The van der Waals surface area contributed by atoms with E-state index >= 15 is 0 Å². The second-order valence-electron chi connectivity index (χ2n) is 12.5. The third-order valence-electron chi connectivity index (χ3n) is 10.1. The Morgan fingerprint density at radius 3 is 1.29 bits per heavy atom. The molecule has 0 N–H and O–H groups in total. The molecule has 0 saturated heterocycles. The van der Waals surface area contributed by atoms with Gasteiger partial charge in [-0.15, -0.1) is 0 Å². The maximum Gasteiger partial charge on any atom is -0.0334 e. The number of rotatable bonds is 16. The first-order chi connectivity index (χ1) is 14.4. The Kier molecular flexibility index (Phi) is 15.0. The van der Waals surface area contributed by atoms with Crippen molar-refractivity contribution in [3.8, 4) is 0 Å². The Balaban J connectivity index is 5.64. The third-order valence-corrected chi connectivity index (χ3v) is 10.1. The van der Waals surface area contributed by atoms with Gasteiger partial charge >= 0.3 is 0 Å². The molecule has 0 aliphatic heterocycles. The molecule has 188 valence electrons. The second kappa shape index (κ2) is 15.0. The lowest BCUT2D eigenvalue weighted by Crippen LogP contribution is -2.39. The first kappa shape index (κ1) is 31.0. The molecular weight excluding hydrogens is 372 g/mol. The van der Waals surface area contributed by atoms with Crippen molar-refractivity contribution < 1.29 is 0 Å². The van der Waals surface area contributed by atoms with Gasteiger partial charge < -0.3 is 0 Å². The fourth-order valence-corrected chi connectivity index (χ4v) is 7.58. The van der Waals surface area contributed by atoms with Crippen molar-refractivity contribution in [3.05, 3.63) is 0 Å². The molecule has 0 nitrogen and oxygen atoms in total. The van der Waals surface area contributed by atoms with E-state index in [1.807, 2.05) is 0 Å². The minimum Gasteiger partial charge on any atom is -0.0654 e. The molecule has 31 heavy (non-hydrogen) atoms. The Morgan fingerprint density at radius 1 is 0.419 bits per heavy atom. The van der Waals surface area contributed by atoms with Gasteiger partial charge in [0.2, 0.25) is 0 Å². The zero-order valence-corrected chi connectivity index (χ0v) is 24.5. The average Bonchev–Trinajstić information content (AvgIpc) is 2.70. The topological polar surface area (TPSA) is 0 Å². The van der Waals surface area contributed by atoms with Crippen LogP contribution in [-0.4, -0.2) is 0 Å². The molecule has 0 heteroatoms. The highest BCUT2D eigenvalue weighted by molar-refractivity contribution is 4.87. The first-order valence-electron chi connectivity index (χ1n) is 14.4. The van der Waals surface area contributed by atoms with Gasteiger partial charge in [-0.05, 0) is 71.0 Å². The van der Waals surface area contributed by atoms with Gasteiger partial charge in [0.1, 0.15) is 0 Å². The van der Waals surface area contributed by atoms with Crippen LogP contribution in [0.15, 0.2) is 0 Å². The van der Waals surface area contributed by atoms with Crippen molar-refractivity contribution in [2.45, 2.75) is 129 Å². The molecule has 0 radical (unpaired) electrons. The van der Waals surface area contributed by atoms with E-state index in [0.717, 1.165) is 71.0 Å². The summed E-state index contributed by atoms with van der Waals surface area (Å²) >= 11 is 0. The van der Waals surface area contributed by atoms with E-state index in [2.05, 4.69) is 96.9 Å². The molecule has 0 fully saturated rings. The molecule has 0 heterocycles. The quantitative estimate of drug-likeness (QED) is 0.225. The van der Waals surface area contributed by atoms with Gasteiger partial charge in [-0.3, -0.25) is 0 Å². The molecule has 0 aliphatic carbocycles. The molecule has 0 bridgehead atoms. The summed E-state index contributed by atoms with van der Waals surface area (Å²) in [5.74, 6) is 9.72. The van der Waals surface area contributed by atoms with E-state index in [0.29, 0.717) is 0 Å². The standard InChI is InChI=1S/C31H64/c1-15-18-22(8)23(9)24(10)26(12)31(21(6)7)27(13)25(11)29(17-3)28(14)30(19-16-2)20(4)5/h20-31H,15-19H2,1-14H3. The molecular formula is C31H64. The lowest BCUT2D eigenvalue weighted by molar-refractivity contribution is 0.0331. The molecule has 10 atom stereocenters. The normalized spacial score (nSPS) is 22.5. The minimum atomic E-state index is 0.757. The maximum absolute atomic E-state index is 2.61. The van der Waals surface area contributed by atoms with Crippen molar-refractivity contribution in [2.24, 2.45) is 71.0 Å². The summed E-state index contributed by atoms with van der Waals surface area (Å²) in [6.45, 7) is 35.0. The first-order valence-corrected chi connectivity index (χ1v) is 14.4. The highest BCUT2D eigenvalue weighted by Gasteiger charge is 2.39. The minimum absolute atomic E-state index is 0.757. The largest absolute Gasteiger partial charge is 0.0654 e. The van der Waals surface area contributed by atoms with Crippen LogP contribution in [0, 0.1) is 71.0 Å². The Labute approximate surface area is 200 Å². The molecule has 0 aromatic carbocycles. The van der Waals surface area contributed by atoms with Crippen LogP contribution in [0.4, 0.5) is 0 Å². The smallest absolute Gasteiger partial charge is 0.0334 e. The molecule has 0 amide bonds. The van der Waals surface area contributed by atoms with Gasteiger partial charge in [0, 0.05) is 0 Å². The number of hydrogen-bond acceptors (Lipinski definition) is 0. The van der Waals surface area contributed by atoms with E-state index in [1.165, 1.54) is 32.1 Å². The van der Waals surface area contributed by atoms with Crippen LogP contribution in [0.2, 0.25) is 0 Å². The second-order valence-corrected chi connectivity index (χ2v) is 12.5. The summed E-state index contributed by atoms with van der Waals surface area (Å²) in [5.41, 5.74) is 0. The van der Waals surface area contributed by atoms with Gasteiger partial charge in [0.25, 0.3) is 0 Å². The van der Waals surface area contributed by atoms with Gasteiger partial charge in [-0.25, -0.2) is 0 Å². The van der Waals surface area contributed by atoms with Crippen molar-refractivity contribution in [2.75, 3.05) is 0 Å². The summed E-state index contributed by atoms with van der Waals surface area (Å²) in [6.07, 6.45) is 6.74. The molecule has 0 saturated carbocycles. The van der Waals surface area contributed by atoms with Crippen LogP contribution >= 0.6 is 0 Å². The zero-order chi connectivity index (χ0) is 24.5. The van der Waals surface area contributed by atoms with Crippen LogP contribution in [-0.2, 0) is 0 Å². The SMILES string of the molecule is CCCC(C)C(C)C(C)C(C)C(C(C)C)C(C)C(C)C(CC)C(C)C(CCC)C(C)C. The Morgan fingerprint density at radius 2 is 0.903 bits per heavy atom. The Hall–Kier alpha value is 0. The number of hydrogen-bond donors (Lipinski definition) is 0. The molecule has 10 unspecified atom stereocenters. The van der Waals surface area contributed by atoms with Crippen molar-refractivity contribution in [1.82, 2.24) is 0 Å². The lowest BCUT2D eigenvalue weighted by atomic mass is 9.60. The molecule has 0 aromatic heterocycles. The van der Waals surface area contributed by atoms with E-state index < -0.39 is 0 Å². The van der Waals surface area contributed by atoms with Crippen LogP contribution < -0.4 is 0 Å². The van der Waals surface area contributed by atoms with E-state index in [4.69, 9.17) is 0 Å². The molecule has 0 rings (SSSR count). The maximum atomic E-state index is 2.61. The predicted molar refractivity (Wildman–Crippen MR) is 144 cm³/mol. The fourth-order valence-electron chi connectivity index (χ4n) is 7.58. The average molecular weight is 437 g/mol. The highest BCUT2D eigenvalue weighted by atomic mass is 14.4. The lowest BCUT2D eigenvalue weighted by Gasteiger charge is -2.45. The van der Waals surface area contributed by atoms with Gasteiger partial charge in [-0.2, -0.15) is 0 Å². The fraction of sp³-hybridized carbons (Fsp3) is 1.00. The van der Waals surface area contributed by atoms with Crippen LogP contribution in [0.1, 0.15) is 129 Å². The van der Waals surface area contributed by atoms with Crippen LogP contribution in [0.5, 0.6) is 0 Å². The molecule has 0 spiro atoms. The third kappa shape index (κ3) is 8.70. The van der Waals surface area contributed by atoms with E-state index in [-0.39, 0.29) is 0 Å². The Bertz CT molecular complexity index is 435. The summed E-state index contributed by atoms with van der Waals surface area (Å²) in [4.78, 5) is 0.